The summed E-state index contributed by atoms with van der Waals surface area (Å²) in [6.07, 6.45) is 0. The van der Waals surface area contributed by atoms with E-state index in [2.05, 4.69) is 5.32 Å². The Hall–Kier alpha value is 0.140. The average molecular weight is 156 g/mol. The molecule has 0 spiro atoms. The van der Waals surface area contributed by atoms with Crippen molar-refractivity contribution in [1.82, 2.24) is 5.32 Å². The van der Waals surface area contributed by atoms with Gasteiger partial charge in [-0.2, -0.15) is 0 Å². The maximum absolute atomic E-state index is 11.9. The smallest absolute Gasteiger partial charge is 0.0997 e. The molecular formula is C5H11ClFNO. The number of alkyl halides is 1. The van der Waals surface area contributed by atoms with Crippen LogP contribution in [0.15, 0.2) is 0 Å². The highest BCUT2D eigenvalue weighted by Crippen LogP contribution is 2.21. The Bertz CT molecular complexity index is 73.5. The number of hydrogen-bond donors (Lipinski definition) is 2. The van der Waals surface area contributed by atoms with Crippen molar-refractivity contribution >= 4 is 12.4 Å². The molecule has 0 aromatic heterocycles. The van der Waals surface area contributed by atoms with Gasteiger partial charge in [-0.15, -0.1) is 12.4 Å². The molecular weight excluding hydrogens is 145 g/mol. The number of aliphatic hydroxyl groups is 1. The van der Waals surface area contributed by atoms with Crippen LogP contribution in [0.25, 0.3) is 0 Å². The van der Waals surface area contributed by atoms with Crippen molar-refractivity contribution < 1.29 is 9.50 Å². The molecule has 1 aliphatic heterocycles. The van der Waals surface area contributed by atoms with Crippen LogP contribution in [0.4, 0.5) is 4.39 Å². The van der Waals surface area contributed by atoms with Crippen LogP contribution in [-0.2, 0) is 0 Å². The van der Waals surface area contributed by atoms with Crippen LogP contribution in [0.5, 0.6) is 0 Å². The molecule has 0 bridgehead atoms. The first-order chi connectivity index (χ1) is 3.83. The quantitative estimate of drug-likeness (QED) is 0.587. The fourth-order valence-electron chi connectivity index (χ4n) is 0.727. The summed E-state index contributed by atoms with van der Waals surface area (Å²) in [7, 11) is 0. The summed E-state index contributed by atoms with van der Waals surface area (Å²) in [6, 6.07) is 0. The number of halogens is 2. The lowest BCUT2D eigenvalue weighted by Gasteiger charge is -2.38. The molecule has 0 unspecified atom stereocenters. The van der Waals surface area contributed by atoms with Gasteiger partial charge < -0.3 is 10.4 Å². The second-order valence-electron chi connectivity index (χ2n) is 2.40. The largest absolute Gasteiger partial charge is 0.396 e. The van der Waals surface area contributed by atoms with Gasteiger partial charge in [-0.3, -0.25) is 4.39 Å². The Morgan fingerprint density at radius 3 is 2.11 bits per heavy atom. The molecule has 2 nitrogen and oxygen atoms in total. The third-order valence-electron chi connectivity index (χ3n) is 1.62. The van der Waals surface area contributed by atoms with Crippen molar-refractivity contribution in [2.45, 2.75) is 0 Å². The molecule has 2 N–H and O–H groups in total. The molecule has 0 atom stereocenters. The van der Waals surface area contributed by atoms with Gasteiger partial charge in [0.25, 0.3) is 0 Å². The molecule has 1 rings (SSSR count). The maximum Gasteiger partial charge on any atom is 0.0997 e. The fraction of sp³-hybridized carbons (Fsp3) is 1.00. The second-order valence-corrected chi connectivity index (χ2v) is 2.40. The Kier molecular flexibility index (Phi) is 3.40. The van der Waals surface area contributed by atoms with Gasteiger partial charge in [0.15, 0.2) is 0 Å². The van der Waals surface area contributed by atoms with E-state index in [0.29, 0.717) is 13.1 Å². The second kappa shape index (κ2) is 3.34. The number of aliphatic hydroxyl groups excluding tert-OH is 1. The van der Waals surface area contributed by atoms with E-state index < -0.39 is 12.1 Å². The first-order valence-electron chi connectivity index (χ1n) is 2.70. The van der Waals surface area contributed by atoms with Gasteiger partial charge in [0.05, 0.1) is 13.3 Å². The first kappa shape index (κ1) is 9.14. The first-order valence-corrected chi connectivity index (χ1v) is 2.70. The van der Waals surface area contributed by atoms with Crippen molar-refractivity contribution in [2.75, 3.05) is 26.4 Å². The molecule has 1 aliphatic rings. The topological polar surface area (TPSA) is 32.3 Å². The zero-order valence-electron chi connectivity index (χ0n) is 5.06. The predicted molar refractivity (Wildman–Crippen MR) is 35.6 cm³/mol. The minimum Gasteiger partial charge on any atom is -0.396 e. The molecule has 56 valence electrons. The van der Waals surface area contributed by atoms with E-state index in [-0.39, 0.29) is 19.0 Å². The van der Waals surface area contributed by atoms with Crippen LogP contribution >= 0.6 is 12.4 Å². The molecule has 0 aromatic carbocycles. The van der Waals surface area contributed by atoms with Crippen molar-refractivity contribution in [3.63, 3.8) is 0 Å². The van der Waals surface area contributed by atoms with E-state index >= 15 is 0 Å². The summed E-state index contributed by atoms with van der Waals surface area (Å²) in [5.41, 5.74) is -0.417. The van der Waals surface area contributed by atoms with Gasteiger partial charge >= 0.3 is 0 Å². The molecule has 4 heteroatoms. The third-order valence-corrected chi connectivity index (χ3v) is 1.62. The van der Waals surface area contributed by atoms with Crippen molar-refractivity contribution in [3.8, 4) is 0 Å². The van der Waals surface area contributed by atoms with Gasteiger partial charge in [0.1, 0.15) is 0 Å². The van der Waals surface area contributed by atoms with Gasteiger partial charge in [-0.05, 0) is 0 Å². The molecule has 0 aliphatic carbocycles. The lowest BCUT2D eigenvalue weighted by molar-refractivity contribution is 0.0432. The SMILES string of the molecule is Cl.OCC1(CF)CNC1. The Labute approximate surface area is 59.9 Å². The van der Waals surface area contributed by atoms with E-state index in [1.54, 1.807) is 0 Å². The average Bonchev–Trinajstić information content (AvgIpc) is 1.67. The van der Waals surface area contributed by atoms with Crippen LogP contribution in [-0.4, -0.2) is 31.5 Å². The zero-order chi connectivity index (χ0) is 6.04. The number of hydrogen-bond acceptors (Lipinski definition) is 2. The summed E-state index contributed by atoms with van der Waals surface area (Å²) < 4.78 is 11.9. The number of rotatable bonds is 2. The fourth-order valence-corrected chi connectivity index (χ4v) is 0.727. The van der Waals surface area contributed by atoms with Crippen molar-refractivity contribution in [2.24, 2.45) is 5.41 Å². The minimum absolute atomic E-state index is 0. The van der Waals surface area contributed by atoms with Crippen LogP contribution < -0.4 is 5.32 Å². The van der Waals surface area contributed by atoms with Crippen LogP contribution in [0.3, 0.4) is 0 Å². The van der Waals surface area contributed by atoms with E-state index in [1.165, 1.54) is 0 Å². The minimum atomic E-state index is -0.417. The zero-order valence-corrected chi connectivity index (χ0v) is 5.88. The van der Waals surface area contributed by atoms with E-state index in [9.17, 15) is 4.39 Å². The standard InChI is InChI=1S/C5H10FNO.ClH/c6-1-5(4-8)2-7-3-5;/h7-8H,1-4H2;1H. The highest BCUT2D eigenvalue weighted by molar-refractivity contribution is 5.85. The molecule has 0 radical (unpaired) electrons. The van der Waals surface area contributed by atoms with Gasteiger partial charge in [-0.1, -0.05) is 0 Å². The maximum atomic E-state index is 11.9. The summed E-state index contributed by atoms with van der Waals surface area (Å²) in [6.45, 7) is 0.812. The molecule has 0 aromatic rings. The Balaban J connectivity index is 0.000000640. The molecule has 9 heavy (non-hydrogen) atoms. The van der Waals surface area contributed by atoms with Gasteiger partial charge in [-0.25, -0.2) is 0 Å². The van der Waals surface area contributed by atoms with Gasteiger partial charge in [0, 0.05) is 18.5 Å². The third kappa shape index (κ3) is 1.53. The molecule has 0 amide bonds. The highest BCUT2D eigenvalue weighted by Gasteiger charge is 2.36. The van der Waals surface area contributed by atoms with Crippen LogP contribution in [0.2, 0.25) is 0 Å². The van der Waals surface area contributed by atoms with E-state index in [1.807, 2.05) is 0 Å². The lowest BCUT2D eigenvalue weighted by atomic mass is 9.84. The summed E-state index contributed by atoms with van der Waals surface area (Å²) in [4.78, 5) is 0. The molecule has 0 saturated carbocycles. The van der Waals surface area contributed by atoms with E-state index in [4.69, 9.17) is 5.11 Å². The van der Waals surface area contributed by atoms with Crippen molar-refractivity contribution in [1.29, 1.82) is 0 Å². The van der Waals surface area contributed by atoms with Crippen molar-refractivity contribution in [3.05, 3.63) is 0 Å². The monoisotopic (exact) mass is 155 g/mol. The summed E-state index contributed by atoms with van der Waals surface area (Å²) in [5.74, 6) is 0. The summed E-state index contributed by atoms with van der Waals surface area (Å²) >= 11 is 0. The summed E-state index contributed by atoms with van der Waals surface area (Å²) in [5, 5.41) is 11.5. The lowest BCUT2D eigenvalue weighted by Crippen LogP contribution is -2.57. The van der Waals surface area contributed by atoms with Crippen LogP contribution in [0, 0.1) is 5.41 Å². The highest BCUT2D eigenvalue weighted by atomic mass is 35.5. The van der Waals surface area contributed by atoms with E-state index in [0.717, 1.165) is 0 Å². The predicted octanol–water partition coefficient (Wildman–Crippen LogP) is -0.0404. The molecule has 1 saturated heterocycles. The van der Waals surface area contributed by atoms with Gasteiger partial charge in [0.2, 0.25) is 0 Å². The molecule has 1 heterocycles. The Morgan fingerprint density at radius 2 is 2.11 bits per heavy atom. The number of nitrogens with one attached hydrogen (secondary N) is 1. The normalized spacial score (nSPS) is 22.0. The Morgan fingerprint density at radius 1 is 1.56 bits per heavy atom. The molecule has 1 fully saturated rings. The van der Waals surface area contributed by atoms with Crippen LogP contribution in [0.1, 0.15) is 0 Å².